The number of unbranched alkanes of at least 4 members (excludes halogenated alkanes) is 1. The minimum absolute atomic E-state index is 0.0454. The number of H-pyrrole nitrogens is 1. The van der Waals surface area contributed by atoms with Crippen LogP contribution in [0.1, 0.15) is 53.8 Å². The van der Waals surface area contributed by atoms with Gasteiger partial charge in [0, 0.05) is 61.8 Å². The third-order valence-corrected chi connectivity index (χ3v) is 8.09. The first-order valence-electron chi connectivity index (χ1n) is 15.2. The number of carbonyl (C=O) groups is 2. The van der Waals surface area contributed by atoms with Gasteiger partial charge in [0.15, 0.2) is 11.6 Å². The SMILES string of the molecule is C=CCCCC(=O)N1CCCC(COc2cnc(CC=C)cc2-c2[nH]c3c(c2Nc2cccc(F)c2OC)C(=O)NCC3)C1. The number of likely N-dealkylation sites (tertiary alicyclic amines) is 1. The van der Waals surface area contributed by atoms with Crippen molar-refractivity contribution in [3.63, 3.8) is 0 Å². The van der Waals surface area contributed by atoms with Gasteiger partial charge < -0.3 is 30.0 Å². The summed E-state index contributed by atoms with van der Waals surface area (Å²) < 4.78 is 26.4. The summed E-state index contributed by atoms with van der Waals surface area (Å²) in [6.07, 6.45) is 10.5. The number of anilines is 2. The standard InChI is InChI=1S/C34H40FN5O4/c1-4-6-7-14-29(41)40-17-9-11-22(20-40)21-44-28-19-37-23(10-5-2)18-24(28)31-32(30-26(38-31)15-16-36-34(30)42)39-27-13-8-12-25(35)33(27)43-3/h4-5,8,12-13,18-19,22,38-39H,1-2,6-7,9-11,14-17,20-21H2,3H3,(H,36,42). The molecule has 3 aromatic rings. The summed E-state index contributed by atoms with van der Waals surface area (Å²) >= 11 is 0. The highest BCUT2D eigenvalue weighted by Gasteiger charge is 2.30. The van der Waals surface area contributed by atoms with Crippen molar-refractivity contribution in [2.24, 2.45) is 5.92 Å². The fourth-order valence-corrected chi connectivity index (χ4v) is 5.90. The summed E-state index contributed by atoms with van der Waals surface area (Å²) in [4.78, 5) is 35.9. The van der Waals surface area contributed by atoms with E-state index >= 15 is 0 Å². The van der Waals surface area contributed by atoms with Crippen LogP contribution in [-0.2, 0) is 17.6 Å². The Kier molecular flexibility index (Phi) is 9.99. The normalized spacial score (nSPS) is 16.1. The quantitative estimate of drug-likeness (QED) is 0.165. The number of piperidine rings is 1. The first kappa shape index (κ1) is 30.8. The van der Waals surface area contributed by atoms with Crippen LogP contribution in [0.25, 0.3) is 11.3 Å². The van der Waals surface area contributed by atoms with Gasteiger partial charge in [0.25, 0.3) is 5.91 Å². The fraction of sp³-hybridized carbons (Fsp3) is 0.382. The molecule has 0 aliphatic carbocycles. The summed E-state index contributed by atoms with van der Waals surface area (Å²) in [5, 5.41) is 6.20. The van der Waals surface area contributed by atoms with Gasteiger partial charge in [-0.3, -0.25) is 14.6 Å². The average Bonchev–Trinajstić information content (AvgIpc) is 3.40. The second-order valence-corrected chi connectivity index (χ2v) is 11.2. The van der Waals surface area contributed by atoms with E-state index in [2.05, 4.69) is 33.8 Å². The Morgan fingerprint density at radius 1 is 1.30 bits per heavy atom. The van der Waals surface area contributed by atoms with Crippen LogP contribution < -0.4 is 20.1 Å². The van der Waals surface area contributed by atoms with E-state index in [4.69, 9.17) is 9.47 Å². The molecule has 0 saturated carbocycles. The van der Waals surface area contributed by atoms with Crippen LogP contribution in [0.4, 0.5) is 15.8 Å². The second-order valence-electron chi connectivity index (χ2n) is 11.2. The highest BCUT2D eigenvalue weighted by molar-refractivity contribution is 6.06. The van der Waals surface area contributed by atoms with Gasteiger partial charge >= 0.3 is 0 Å². The number of nitrogens with one attached hydrogen (secondary N) is 3. The van der Waals surface area contributed by atoms with Crippen LogP contribution >= 0.6 is 0 Å². The number of methoxy groups -OCH3 is 1. The summed E-state index contributed by atoms with van der Waals surface area (Å²) in [7, 11) is 1.40. The molecule has 0 spiro atoms. The van der Waals surface area contributed by atoms with Crippen molar-refractivity contribution in [3.8, 4) is 22.8 Å². The summed E-state index contributed by atoms with van der Waals surface area (Å²) in [5.74, 6) is 0.185. The molecule has 232 valence electrons. The average molecular weight is 602 g/mol. The molecule has 1 saturated heterocycles. The number of fused-ring (bicyclic) bond motifs is 1. The zero-order valence-electron chi connectivity index (χ0n) is 25.2. The number of nitrogens with zero attached hydrogens (tertiary/aromatic N) is 2. The third kappa shape index (κ3) is 6.79. The number of benzene rings is 1. The lowest BCUT2D eigenvalue weighted by atomic mass is 9.98. The van der Waals surface area contributed by atoms with Gasteiger partial charge in [0.2, 0.25) is 5.91 Å². The molecule has 9 nitrogen and oxygen atoms in total. The van der Waals surface area contributed by atoms with Crippen LogP contribution in [0.2, 0.25) is 0 Å². The number of halogens is 1. The van der Waals surface area contributed by atoms with E-state index in [1.54, 1.807) is 24.4 Å². The third-order valence-electron chi connectivity index (χ3n) is 8.09. The lowest BCUT2D eigenvalue weighted by Gasteiger charge is -2.33. The van der Waals surface area contributed by atoms with E-state index in [9.17, 15) is 14.0 Å². The topological polar surface area (TPSA) is 109 Å². The molecule has 2 amide bonds. The summed E-state index contributed by atoms with van der Waals surface area (Å²) in [6, 6.07) is 6.53. The van der Waals surface area contributed by atoms with Crippen molar-refractivity contribution in [1.82, 2.24) is 20.2 Å². The predicted octanol–water partition coefficient (Wildman–Crippen LogP) is 5.96. The Balaban J connectivity index is 1.47. The summed E-state index contributed by atoms with van der Waals surface area (Å²) in [6.45, 7) is 9.92. The molecular weight excluding hydrogens is 561 g/mol. The molecule has 4 heterocycles. The van der Waals surface area contributed by atoms with Crippen LogP contribution in [0.15, 0.2) is 55.8 Å². The minimum Gasteiger partial charge on any atom is -0.492 e. The van der Waals surface area contributed by atoms with Crippen LogP contribution in [0.5, 0.6) is 11.5 Å². The molecule has 1 atom stereocenters. The zero-order valence-corrected chi connectivity index (χ0v) is 25.2. The molecule has 3 N–H and O–H groups in total. The number of aromatic amines is 1. The largest absolute Gasteiger partial charge is 0.492 e. The van der Waals surface area contributed by atoms with Gasteiger partial charge in [-0.15, -0.1) is 13.2 Å². The van der Waals surface area contributed by atoms with Crippen molar-refractivity contribution < 1.29 is 23.5 Å². The van der Waals surface area contributed by atoms with Gasteiger partial charge in [-0.2, -0.15) is 0 Å². The first-order valence-corrected chi connectivity index (χ1v) is 15.2. The highest BCUT2D eigenvalue weighted by Crippen LogP contribution is 2.42. The van der Waals surface area contributed by atoms with E-state index in [1.807, 2.05) is 17.0 Å². The number of rotatable bonds is 13. The van der Waals surface area contributed by atoms with E-state index in [-0.39, 0.29) is 23.5 Å². The Bertz CT molecular complexity index is 1530. The number of carbonyl (C=O) groups excluding carboxylic acids is 2. The lowest BCUT2D eigenvalue weighted by molar-refractivity contribution is -0.133. The van der Waals surface area contributed by atoms with Crippen LogP contribution in [-0.4, -0.2) is 60.0 Å². The Morgan fingerprint density at radius 3 is 2.95 bits per heavy atom. The fourth-order valence-electron chi connectivity index (χ4n) is 5.90. The van der Waals surface area contributed by atoms with Gasteiger partial charge in [-0.25, -0.2) is 4.39 Å². The van der Waals surface area contributed by atoms with Gasteiger partial charge in [0.05, 0.1) is 42.5 Å². The van der Waals surface area contributed by atoms with Crippen molar-refractivity contribution >= 4 is 23.2 Å². The van der Waals surface area contributed by atoms with E-state index < -0.39 is 5.82 Å². The monoisotopic (exact) mass is 601 g/mol. The molecule has 1 unspecified atom stereocenters. The maximum absolute atomic E-state index is 14.6. The number of aromatic nitrogens is 2. The van der Waals surface area contributed by atoms with Crippen LogP contribution in [0, 0.1) is 11.7 Å². The number of amides is 2. The molecule has 0 bridgehead atoms. The van der Waals surface area contributed by atoms with E-state index in [0.717, 1.165) is 43.6 Å². The number of allylic oxidation sites excluding steroid dienone is 2. The van der Waals surface area contributed by atoms with Gasteiger partial charge in [0.1, 0.15) is 5.75 Å². The van der Waals surface area contributed by atoms with E-state index in [0.29, 0.717) is 72.9 Å². The maximum atomic E-state index is 14.6. The van der Waals surface area contributed by atoms with Crippen molar-refractivity contribution in [2.45, 2.75) is 44.9 Å². The molecule has 1 fully saturated rings. The molecule has 2 aromatic heterocycles. The Labute approximate surface area is 257 Å². The molecule has 1 aromatic carbocycles. The highest BCUT2D eigenvalue weighted by atomic mass is 19.1. The smallest absolute Gasteiger partial charge is 0.255 e. The lowest BCUT2D eigenvalue weighted by Crippen LogP contribution is -2.41. The number of hydrogen-bond donors (Lipinski definition) is 3. The Morgan fingerprint density at radius 2 is 2.16 bits per heavy atom. The zero-order chi connectivity index (χ0) is 31.1. The molecule has 0 radical (unpaired) electrons. The number of pyridine rings is 1. The Hall–Kier alpha value is -4.60. The number of ether oxygens (including phenoxy) is 2. The van der Waals surface area contributed by atoms with Crippen LogP contribution in [0.3, 0.4) is 0 Å². The molecular formula is C34H40FN5O4. The molecule has 2 aliphatic rings. The molecule has 44 heavy (non-hydrogen) atoms. The minimum atomic E-state index is -0.519. The maximum Gasteiger partial charge on any atom is 0.255 e. The second kappa shape index (κ2) is 14.2. The summed E-state index contributed by atoms with van der Waals surface area (Å²) in [5.41, 5.74) is 4.24. The first-order chi connectivity index (χ1) is 21.4. The van der Waals surface area contributed by atoms with E-state index in [1.165, 1.54) is 13.2 Å². The van der Waals surface area contributed by atoms with Gasteiger partial charge in [-0.05, 0) is 43.9 Å². The molecule has 10 heteroatoms. The molecule has 5 rings (SSSR count). The number of para-hydroxylation sites is 1. The molecule has 2 aliphatic heterocycles. The van der Waals surface area contributed by atoms with Crippen molar-refractivity contribution in [3.05, 3.63) is 78.5 Å². The van der Waals surface area contributed by atoms with Crippen molar-refractivity contribution in [2.75, 3.05) is 38.7 Å². The predicted molar refractivity (Wildman–Crippen MR) is 169 cm³/mol. The number of hydrogen-bond acceptors (Lipinski definition) is 6. The van der Waals surface area contributed by atoms with Gasteiger partial charge in [-0.1, -0.05) is 18.2 Å². The van der Waals surface area contributed by atoms with Crippen molar-refractivity contribution in [1.29, 1.82) is 0 Å².